The zero-order valence-electron chi connectivity index (χ0n) is 14.1. The van der Waals surface area contributed by atoms with Crippen LogP contribution in [0.5, 0.6) is 0 Å². The highest BCUT2D eigenvalue weighted by Crippen LogP contribution is 2.42. The van der Waals surface area contributed by atoms with Gasteiger partial charge in [0.15, 0.2) is 3.77 Å². The van der Waals surface area contributed by atoms with E-state index in [1.807, 2.05) is 72.8 Å². The van der Waals surface area contributed by atoms with Crippen LogP contribution in [0.1, 0.15) is 11.3 Å². The van der Waals surface area contributed by atoms with E-state index in [4.69, 9.17) is 8.83 Å². The van der Waals surface area contributed by atoms with Gasteiger partial charge in [0.2, 0.25) is 5.88 Å². The Morgan fingerprint density at radius 2 is 1.52 bits per heavy atom. The van der Waals surface area contributed by atoms with Crippen LogP contribution in [-0.4, -0.2) is 6.21 Å². The van der Waals surface area contributed by atoms with E-state index in [0.717, 1.165) is 20.5 Å². The summed E-state index contributed by atoms with van der Waals surface area (Å²) in [5, 5.41) is 9.81. The van der Waals surface area contributed by atoms with E-state index in [2.05, 4.69) is 33.7 Å². The summed E-state index contributed by atoms with van der Waals surface area (Å²) in [5.41, 5.74) is 2.94. The summed E-state index contributed by atoms with van der Waals surface area (Å²) in [5.74, 6) is 1.49. The van der Waals surface area contributed by atoms with Crippen LogP contribution in [0.4, 0.5) is 5.88 Å². The minimum absolute atomic E-state index is 0.265. The highest BCUT2D eigenvalue weighted by molar-refractivity contribution is 14.1. The molecule has 0 spiro atoms. The summed E-state index contributed by atoms with van der Waals surface area (Å²) in [6.45, 7) is 0. The van der Waals surface area contributed by atoms with E-state index in [9.17, 15) is 5.26 Å². The summed E-state index contributed by atoms with van der Waals surface area (Å²) in [7, 11) is 0. The topological polar surface area (TPSA) is 62.4 Å². The summed E-state index contributed by atoms with van der Waals surface area (Å²) < 4.78 is 12.3. The lowest BCUT2D eigenvalue weighted by Crippen LogP contribution is -1.83. The highest BCUT2D eigenvalue weighted by Gasteiger charge is 2.22. The molecule has 0 fully saturated rings. The Hall–Kier alpha value is -3.11. The van der Waals surface area contributed by atoms with E-state index in [-0.39, 0.29) is 5.88 Å². The number of hydrogen-bond acceptors (Lipinski definition) is 4. The van der Waals surface area contributed by atoms with Crippen molar-refractivity contribution in [1.29, 1.82) is 5.26 Å². The molecular formula is C22H13IN2O2. The summed E-state index contributed by atoms with van der Waals surface area (Å²) in [4.78, 5) is 4.38. The molecule has 4 rings (SSSR count). The zero-order valence-corrected chi connectivity index (χ0v) is 16.3. The first-order chi connectivity index (χ1) is 13.3. The predicted octanol–water partition coefficient (Wildman–Crippen LogP) is 6.43. The minimum atomic E-state index is 0.265. The number of aliphatic imine (C=N–C) groups is 1. The van der Waals surface area contributed by atoms with Gasteiger partial charge in [-0.2, -0.15) is 5.26 Å². The van der Waals surface area contributed by atoms with Crippen molar-refractivity contribution in [3.05, 3.63) is 87.9 Å². The van der Waals surface area contributed by atoms with Gasteiger partial charge in [0.1, 0.15) is 23.2 Å². The Morgan fingerprint density at radius 3 is 2.11 bits per heavy atom. The van der Waals surface area contributed by atoms with Gasteiger partial charge in [0.05, 0.1) is 6.21 Å². The van der Waals surface area contributed by atoms with Crippen LogP contribution >= 0.6 is 22.6 Å². The maximum atomic E-state index is 9.81. The molecule has 2 heterocycles. The fourth-order valence-corrected chi connectivity index (χ4v) is 3.24. The second-order valence-corrected chi connectivity index (χ2v) is 6.79. The molecule has 2 aromatic carbocycles. The summed E-state index contributed by atoms with van der Waals surface area (Å²) >= 11 is 2.09. The average Bonchev–Trinajstić information content (AvgIpc) is 3.30. The number of furan rings is 2. The third-order valence-corrected chi connectivity index (χ3v) is 4.58. The average molecular weight is 464 g/mol. The molecule has 5 heteroatoms. The number of halogens is 1. The van der Waals surface area contributed by atoms with Crippen LogP contribution in [0.2, 0.25) is 0 Å². The van der Waals surface area contributed by atoms with Crippen molar-refractivity contribution in [1.82, 2.24) is 0 Å². The lowest BCUT2D eigenvalue weighted by Gasteiger charge is -2.03. The Morgan fingerprint density at radius 1 is 0.852 bits per heavy atom. The summed E-state index contributed by atoms with van der Waals surface area (Å²) in [6.07, 6.45) is 1.56. The van der Waals surface area contributed by atoms with Crippen LogP contribution in [0, 0.1) is 15.1 Å². The molecule has 0 aliphatic rings. The van der Waals surface area contributed by atoms with Gasteiger partial charge in [-0.1, -0.05) is 60.7 Å². The number of nitriles is 1. The van der Waals surface area contributed by atoms with Crippen LogP contribution in [0.3, 0.4) is 0 Å². The Labute approximate surface area is 169 Å². The zero-order chi connectivity index (χ0) is 18.6. The van der Waals surface area contributed by atoms with Crippen molar-refractivity contribution in [2.45, 2.75) is 0 Å². The molecular weight excluding hydrogens is 451 g/mol. The van der Waals surface area contributed by atoms with Crippen LogP contribution < -0.4 is 0 Å². The van der Waals surface area contributed by atoms with Gasteiger partial charge < -0.3 is 8.83 Å². The second kappa shape index (κ2) is 7.64. The maximum absolute atomic E-state index is 9.81. The van der Waals surface area contributed by atoms with Gasteiger partial charge >= 0.3 is 0 Å². The number of rotatable bonds is 4. The van der Waals surface area contributed by atoms with E-state index in [0.29, 0.717) is 17.1 Å². The molecule has 2 aromatic heterocycles. The van der Waals surface area contributed by atoms with Crippen LogP contribution in [0.15, 0.2) is 86.6 Å². The smallest absolute Gasteiger partial charge is 0.238 e. The van der Waals surface area contributed by atoms with Gasteiger partial charge in [0, 0.05) is 11.1 Å². The fraction of sp³-hybridized carbons (Fsp3) is 0. The van der Waals surface area contributed by atoms with E-state index in [1.165, 1.54) is 0 Å². The first-order valence-electron chi connectivity index (χ1n) is 8.23. The normalized spacial score (nSPS) is 11.0. The standard InChI is InChI=1S/C22H13IN2O2/c23-19-12-11-17(26-19)14-25-22-18(13-24)20(15-7-3-1-4-8-15)21(27-22)16-9-5-2-6-10-16/h1-12,14H/b25-14+. The van der Waals surface area contributed by atoms with E-state index < -0.39 is 0 Å². The molecule has 0 N–H and O–H groups in total. The monoisotopic (exact) mass is 464 g/mol. The minimum Gasteiger partial charge on any atom is -0.449 e. The predicted molar refractivity (Wildman–Crippen MR) is 113 cm³/mol. The van der Waals surface area contributed by atoms with Crippen molar-refractivity contribution >= 4 is 34.7 Å². The van der Waals surface area contributed by atoms with Gasteiger partial charge in [-0.05, 0) is 40.3 Å². The molecule has 0 saturated carbocycles. The van der Waals surface area contributed by atoms with Crippen molar-refractivity contribution in [3.8, 4) is 28.5 Å². The molecule has 0 saturated heterocycles. The fourth-order valence-electron chi connectivity index (χ4n) is 2.81. The molecule has 0 aliphatic heterocycles. The number of hydrogen-bond donors (Lipinski definition) is 0. The Bertz CT molecular complexity index is 1140. The molecule has 0 atom stereocenters. The van der Waals surface area contributed by atoms with Gasteiger partial charge in [-0.15, -0.1) is 0 Å². The Kier molecular flexibility index (Phi) is 4.90. The van der Waals surface area contributed by atoms with Crippen molar-refractivity contribution < 1.29 is 8.83 Å². The molecule has 0 unspecified atom stereocenters. The first kappa shape index (κ1) is 17.3. The third-order valence-electron chi connectivity index (χ3n) is 4.00. The number of benzene rings is 2. The first-order valence-corrected chi connectivity index (χ1v) is 9.31. The van der Waals surface area contributed by atoms with E-state index >= 15 is 0 Å². The largest absolute Gasteiger partial charge is 0.449 e. The van der Waals surface area contributed by atoms with Crippen LogP contribution in [0.25, 0.3) is 22.5 Å². The second-order valence-electron chi connectivity index (χ2n) is 5.73. The molecule has 27 heavy (non-hydrogen) atoms. The van der Waals surface area contributed by atoms with Gasteiger partial charge in [0.25, 0.3) is 0 Å². The van der Waals surface area contributed by atoms with Crippen LogP contribution in [-0.2, 0) is 0 Å². The highest BCUT2D eigenvalue weighted by atomic mass is 127. The maximum Gasteiger partial charge on any atom is 0.238 e. The molecule has 0 radical (unpaired) electrons. The Balaban J connectivity index is 1.89. The molecule has 130 valence electrons. The van der Waals surface area contributed by atoms with Gasteiger partial charge in [-0.3, -0.25) is 0 Å². The third kappa shape index (κ3) is 3.57. The summed E-state index contributed by atoms with van der Waals surface area (Å²) in [6, 6.07) is 25.4. The van der Waals surface area contributed by atoms with Crippen molar-refractivity contribution in [3.63, 3.8) is 0 Å². The molecule has 0 aliphatic carbocycles. The van der Waals surface area contributed by atoms with Gasteiger partial charge in [-0.25, -0.2) is 4.99 Å². The molecule has 4 aromatic rings. The lowest BCUT2D eigenvalue weighted by molar-refractivity contribution is 0.531. The SMILES string of the molecule is N#Cc1c(/N=C/c2ccc(I)o2)oc(-c2ccccc2)c1-c1ccccc1. The molecule has 0 bridgehead atoms. The lowest BCUT2D eigenvalue weighted by atomic mass is 9.98. The number of nitrogens with zero attached hydrogens (tertiary/aromatic N) is 2. The van der Waals surface area contributed by atoms with E-state index in [1.54, 1.807) is 6.21 Å². The van der Waals surface area contributed by atoms with Crippen molar-refractivity contribution in [2.24, 2.45) is 4.99 Å². The van der Waals surface area contributed by atoms with Crippen molar-refractivity contribution in [2.75, 3.05) is 0 Å². The molecule has 0 amide bonds. The molecule has 4 nitrogen and oxygen atoms in total. The quantitative estimate of drug-likeness (QED) is 0.258.